The highest BCUT2D eigenvalue weighted by Gasteiger charge is 2.20. The molecule has 0 bridgehead atoms. The molecular formula is C10H11N3O3. The molecule has 1 rings (SSSR count). The maximum atomic E-state index is 11.6. The van der Waals surface area contributed by atoms with Crippen LogP contribution in [0.5, 0.6) is 0 Å². The van der Waals surface area contributed by atoms with E-state index in [9.17, 15) is 9.59 Å². The number of rotatable bonds is 4. The van der Waals surface area contributed by atoms with Crippen molar-refractivity contribution in [1.82, 2.24) is 15.1 Å². The lowest BCUT2D eigenvalue weighted by molar-refractivity contribution is -0.139. The maximum Gasteiger partial charge on any atom is 0.327 e. The Morgan fingerprint density at radius 2 is 2.44 bits per heavy atom. The Balaban J connectivity index is 2.69. The Hall–Kier alpha value is -2.29. The molecule has 0 saturated carbocycles. The van der Waals surface area contributed by atoms with Gasteiger partial charge in [0.25, 0.3) is 5.91 Å². The highest BCUT2D eigenvalue weighted by atomic mass is 16.4. The molecule has 0 aliphatic heterocycles. The third kappa shape index (κ3) is 2.85. The van der Waals surface area contributed by atoms with Crippen LogP contribution in [0.25, 0.3) is 0 Å². The Morgan fingerprint density at radius 3 is 2.88 bits per heavy atom. The summed E-state index contributed by atoms with van der Waals surface area (Å²) in [5.41, 5.74) is 0.297. The second-order valence-electron chi connectivity index (χ2n) is 3.18. The number of nitrogens with one attached hydrogen (secondary N) is 1. The van der Waals surface area contributed by atoms with E-state index in [1.54, 1.807) is 7.05 Å². The van der Waals surface area contributed by atoms with E-state index in [-0.39, 0.29) is 6.42 Å². The summed E-state index contributed by atoms with van der Waals surface area (Å²) in [7, 11) is 1.66. The van der Waals surface area contributed by atoms with Crippen LogP contribution in [0.3, 0.4) is 0 Å². The van der Waals surface area contributed by atoms with Gasteiger partial charge in [0.1, 0.15) is 6.04 Å². The zero-order valence-electron chi connectivity index (χ0n) is 8.67. The summed E-state index contributed by atoms with van der Waals surface area (Å²) in [6.07, 6.45) is 7.79. The Kier molecular flexibility index (Phi) is 3.67. The first-order valence-electron chi connectivity index (χ1n) is 4.50. The van der Waals surface area contributed by atoms with Gasteiger partial charge >= 0.3 is 5.97 Å². The van der Waals surface area contributed by atoms with Gasteiger partial charge in [0, 0.05) is 19.7 Å². The quantitative estimate of drug-likeness (QED) is 0.679. The third-order valence-corrected chi connectivity index (χ3v) is 1.89. The van der Waals surface area contributed by atoms with Crippen LogP contribution >= 0.6 is 0 Å². The van der Waals surface area contributed by atoms with Gasteiger partial charge in [-0.25, -0.2) is 4.79 Å². The Bertz CT molecular complexity index is 444. The van der Waals surface area contributed by atoms with Crippen molar-refractivity contribution >= 4 is 11.9 Å². The average molecular weight is 221 g/mol. The predicted octanol–water partition coefficient (Wildman–Crippen LogP) is -0.374. The van der Waals surface area contributed by atoms with Crippen LogP contribution in [-0.4, -0.2) is 32.8 Å². The van der Waals surface area contributed by atoms with Crippen molar-refractivity contribution in [2.45, 2.75) is 12.5 Å². The molecular weight excluding hydrogens is 210 g/mol. The minimum Gasteiger partial charge on any atom is -0.480 e. The van der Waals surface area contributed by atoms with Crippen molar-refractivity contribution in [3.05, 3.63) is 18.0 Å². The Morgan fingerprint density at radius 1 is 1.75 bits per heavy atom. The van der Waals surface area contributed by atoms with Crippen molar-refractivity contribution < 1.29 is 14.7 Å². The lowest BCUT2D eigenvalue weighted by atomic mass is 10.2. The first-order chi connectivity index (χ1) is 7.54. The van der Waals surface area contributed by atoms with Gasteiger partial charge in [-0.05, 0) is 0 Å². The van der Waals surface area contributed by atoms with E-state index >= 15 is 0 Å². The van der Waals surface area contributed by atoms with Crippen LogP contribution in [-0.2, 0) is 11.8 Å². The average Bonchev–Trinajstić information content (AvgIpc) is 2.64. The summed E-state index contributed by atoms with van der Waals surface area (Å²) < 4.78 is 1.45. The topological polar surface area (TPSA) is 84.2 Å². The number of amides is 1. The fourth-order valence-electron chi connectivity index (χ4n) is 1.10. The van der Waals surface area contributed by atoms with Gasteiger partial charge < -0.3 is 10.4 Å². The van der Waals surface area contributed by atoms with Gasteiger partial charge in [0.15, 0.2) is 0 Å². The number of aromatic nitrogens is 2. The van der Waals surface area contributed by atoms with Gasteiger partial charge in [0.2, 0.25) is 0 Å². The van der Waals surface area contributed by atoms with E-state index in [1.807, 2.05) is 0 Å². The molecule has 84 valence electrons. The second-order valence-corrected chi connectivity index (χ2v) is 3.18. The van der Waals surface area contributed by atoms with Crippen molar-refractivity contribution in [1.29, 1.82) is 0 Å². The minimum atomic E-state index is -1.16. The fraction of sp³-hybridized carbons (Fsp3) is 0.300. The highest BCUT2D eigenvalue weighted by molar-refractivity contribution is 5.96. The van der Waals surface area contributed by atoms with Crippen LogP contribution in [0.1, 0.15) is 16.8 Å². The van der Waals surface area contributed by atoms with Gasteiger partial charge in [-0.1, -0.05) is 0 Å². The number of hydrogen-bond acceptors (Lipinski definition) is 3. The highest BCUT2D eigenvalue weighted by Crippen LogP contribution is 1.99. The SMILES string of the molecule is C#CCC(NC(=O)c1cnn(C)c1)C(=O)O. The molecule has 16 heavy (non-hydrogen) atoms. The number of nitrogens with zero attached hydrogens (tertiary/aromatic N) is 2. The third-order valence-electron chi connectivity index (χ3n) is 1.89. The number of carbonyl (C=O) groups excluding carboxylic acids is 1. The molecule has 0 aliphatic rings. The summed E-state index contributed by atoms with van der Waals surface area (Å²) >= 11 is 0. The van der Waals surface area contributed by atoms with Gasteiger partial charge in [-0.15, -0.1) is 12.3 Å². The summed E-state index contributed by atoms with van der Waals surface area (Å²) in [6, 6.07) is -1.07. The molecule has 0 fully saturated rings. The van der Waals surface area contributed by atoms with Crippen LogP contribution in [0.15, 0.2) is 12.4 Å². The first kappa shape index (κ1) is 11.8. The van der Waals surface area contributed by atoms with Gasteiger partial charge in [-0.3, -0.25) is 9.48 Å². The predicted molar refractivity (Wildman–Crippen MR) is 55.5 cm³/mol. The van der Waals surface area contributed by atoms with E-state index in [4.69, 9.17) is 11.5 Å². The molecule has 6 heteroatoms. The molecule has 1 amide bonds. The molecule has 0 saturated heterocycles. The first-order valence-corrected chi connectivity index (χ1v) is 4.50. The van der Waals surface area contributed by atoms with Crippen LogP contribution in [0.4, 0.5) is 0 Å². The Labute approximate surface area is 92.3 Å². The largest absolute Gasteiger partial charge is 0.480 e. The number of aryl methyl sites for hydroxylation is 1. The summed E-state index contributed by atoms with van der Waals surface area (Å²) in [4.78, 5) is 22.3. The van der Waals surface area contributed by atoms with Gasteiger partial charge in [-0.2, -0.15) is 5.10 Å². The maximum absolute atomic E-state index is 11.6. The standard InChI is InChI=1S/C10H11N3O3/c1-3-4-8(10(15)16)12-9(14)7-5-11-13(2)6-7/h1,5-6,8H,4H2,2H3,(H,12,14)(H,15,16). The number of terminal acetylenes is 1. The van der Waals surface area contributed by atoms with Crippen molar-refractivity contribution in [3.63, 3.8) is 0 Å². The normalized spacial score (nSPS) is 11.5. The number of carboxylic acid groups (broad SMARTS) is 1. The van der Waals surface area contributed by atoms with Crippen molar-refractivity contribution in [2.24, 2.45) is 7.05 Å². The molecule has 1 aromatic heterocycles. The molecule has 6 nitrogen and oxygen atoms in total. The summed E-state index contributed by atoms with van der Waals surface area (Å²) in [5, 5.41) is 14.9. The number of hydrogen-bond donors (Lipinski definition) is 2. The molecule has 0 aliphatic carbocycles. The lowest BCUT2D eigenvalue weighted by Crippen LogP contribution is -2.40. The number of aliphatic carboxylic acids is 1. The van der Waals surface area contributed by atoms with Crippen LogP contribution < -0.4 is 5.32 Å². The van der Waals surface area contributed by atoms with E-state index in [1.165, 1.54) is 17.1 Å². The molecule has 0 spiro atoms. The zero-order valence-corrected chi connectivity index (χ0v) is 8.67. The van der Waals surface area contributed by atoms with E-state index in [0.717, 1.165) is 0 Å². The van der Waals surface area contributed by atoms with Gasteiger partial charge in [0.05, 0.1) is 11.8 Å². The summed E-state index contributed by atoms with van der Waals surface area (Å²) in [6.45, 7) is 0. The zero-order chi connectivity index (χ0) is 12.1. The molecule has 0 radical (unpaired) electrons. The molecule has 1 heterocycles. The van der Waals surface area contributed by atoms with E-state index < -0.39 is 17.9 Å². The van der Waals surface area contributed by atoms with Crippen LogP contribution in [0.2, 0.25) is 0 Å². The molecule has 1 unspecified atom stereocenters. The van der Waals surface area contributed by atoms with E-state index in [0.29, 0.717) is 5.56 Å². The molecule has 1 atom stereocenters. The van der Waals surface area contributed by atoms with Crippen LogP contribution in [0, 0.1) is 12.3 Å². The number of carbonyl (C=O) groups is 2. The fourth-order valence-corrected chi connectivity index (χ4v) is 1.10. The van der Waals surface area contributed by atoms with Crippen molar-refractivity contribution in [3.8, 4) is 12.3 Å². The number of carboxylic acids is 1. The lowest BCUT2D eigenvalue weighted by Gasteiger charge is -2.10. The van der Waals surface area contributed by atoms with E-state index in [2.05, 4.69) is 16.3 Å². The summed E-state index contributed by atoms with van der Waals surface area (Å²) in [5.74, 6) is 0.534. The molecule has 2 N–H and O–H groups in total. The monoisotopic (exact) mass is 221 g/mol. The second kappa shape index (κ2) is 4.98. The van der Waals surface area contributed by atoms with Crippen molar-refractivity contribution in [2.75, 3.05) is 0 Å². The minimum absolute atomic E-state index is 0.0542. The molecule has 0 aromatic carbocycles. The molecule has 1 aromatic rings. The smallest absolute Gasteiger partial charge is 0.327 e.